The lowest BCUT2D eigenvalue weighted by molar-refractivity contribution is 0.475. The zero-order valence-corrected chi connectivity index (χ0v) is 9.42. The molecule has 0 fully saturated rings. The summed E-state index contributed by atoms with van der Waals surface area (Å²) in [6, 6.07) is 2.64. The largest absolute Gasteiger partial charge is 0.472 e. The van der Waals surface area contributed by atoms with Gasteiger partial charge in [-0.05, 0) is 43.9 Å². The van der Waals surface area contributed by atoms with Crippen molar-refractivity contribution in [2.24, 2.45) is 0 Å². The quantitative estimate of drug-likeness (QED) is 0.754. The van der Waals surface area contributed by atoms with Gasteiger partial charge < -0.3 is 9.73 Å². The average Bonchev–Trinajstić information content (AvgIpc) is 2.67. The van der Waals surface area contributed by atoms with Gasteiger partial charge in [0.25, 0.3) is 0 Å². The molecule has 1 rings (SSSR count). The van der Waals surface area contributed by atoms with Crippen LogP contribution in [0.1, 0.15) is 45.1 Å². The minimum absolute atomic E-state index is 0.577. The Hall–Kier alpha value is -0.760. The highest BCUT2D eigenvalue weighted by atomic mass is 16.3. The molecule has 2 unspecified atom stereocenters. The van der Waals surface area contributed by atoms with E-state index in [1.807, 2.05) is 6.26 Å². The van der Waals surface area contributed by atoms with Crippen molar-refractivity contribution in [3.63, 3.8) is 0 Å². The van der Waals surface area contributed by atoms with E-state index in [0.29, 0.717) is 12.0 Å². The zero-order valence-electron chi connectivity index (χ0n) is 9.42. The van der Waals surface area contributed by atoms with Gasteiger partial charge in [0.2, 0.25) is 0 Å². The fourth-order valence-electron chi connectivity index (χ4n) is 1.70. The summed E-state index contributed by atoms with van der Waals surface area (Å²) in [4.78, 5) is 0. The fourth-order valence-corrected chi connectivity index (χ4v) is 1.70. The molecule has 2 atom stereocenters. The lowest BCUT2D eigenvalue weighted by atomic mass is 9.97. The molecule has 0 saturated carbocycles. The van der Waals surface area contributed by atoms with E-state index in [1.165, 1.54) is 18.4 Å². The molecule has 2 nitrogen and oxygen atoms in total. The Balaban J connectivity index is 2.29. The molecular weight excluding hydrogens is 174 g/mol. The van der Waals surface area contributed by atoms with Gasteiger partial charge in [-0.3, -0.25) is 0 Å². The van der Waals surface area contributed by atoms with E-state index in [9.17, 15) is 0 Å². The summed E-state index contributed by atoms with van der Waals surface area (Å²) in [5, 5.41) is 3.49. The van der Waals surface area contributed by atoms with Crippen LogP contribution in [0.5, 0.6) is 0 Å². The number of furan rings is 1. The molecular formula is C12H21NO. The summed E-state index contributed by atoms with van der Waals surface area (Å²) in [7, 11) is 0. The van der Waals surface area contributed by atoms with Crippen molar-refractivity contribution in [3.8, 4) is 0 Å². The molecule has 0 aromatic carbocycles. The van der Waals surface area contributed by atoms with Crippen molar-refractivity contribution in [3.05, 3.63) is 24.2 Å². The predicted molar refractivity (Wildman–Crippen MR) is 59.5 cm³/mol. The summed E-state index contributed by atoms with van der Waals surface area (Å²) >= 11 is 0. The van der Waals surface area contributed by atoms with Gasteiger partial charge in [0.05, 0.1) is 12.5 Å². The van der Waals surface area contributed by atoms with Gasteiger partial charge >= 0.3 is 0 Å². The lowest BCUT2D eigenvalue weighted by Crippen LogP contribution is -2.27. The summed E-state index contributed by atoms with van der Waals surface area (Å²) in [6.45, 7) is 7.79. The van der Waals surface area contributed by atoms with E-state index in [1.54, 1.807) is 6.26 Å². The first kappa shape index (κ1) is 11.3. The van der Waals surface area contributed by atoms with Crippen molar-refractivity contribution < 1.29 is 4.42 Å². The molecule has 1 aromatic heterocycles. The molecule has 0 aliphatic rings. The molecule has 0 saturated heterocycles. The highest BCUT2D eigenvalue weighted by molar-refractivity contribution is 5.11. The third-order valence-corrected chi connectivity index (χ3v) is 2.56. The highest BCUT2D eigenvalue weighted by Gasteiger charge is 2.10. The average molecular weight is 195 g/mol. The molecule has 14 heavy (non-hydrogen) atoms. The first-order chi connectivity index (χ1) is 6.74. The van der Waals surface area contributed by atoms with E-state index < -0.39 is 0 Å². The molecule has 2 heteroatoms. The van der Waals surface area contributed by atoms with Crippen LogP contribution in [0, 0.1) is 0 Å². The SMILES string of the molecule is CCCNC(C)CC(C)c1ccoc1. The molecule has 0 bridgehead atoms. The minimum Gasteiger partial charge on any atom is -0.472 e. The van der Waals surface area contributed by atoms with Crippen molar-refractivity contribution in [2.45, 2.75) is 45.6 Å². The second-order valence-corrected chi connectivity index (χ2v) is 4.05. The molecule has 1 N–H and O–H groups in total. The van der Waals surface area contributed by atoms with E-state index in [2.05, 4.69) is 32.2 Å². The van der Waals surface area contributed by atoms with Crippen LogP contribution in [-0.4, -0.2) is 12.6 Å². The highest BCUT2D eigenvalue weighted by Crippen LogP contribution is 2.20. The predicted octanol–water partition coefficient (Wildman–Crippen LogP) is 3.16. The topological polar surface area (TPSA) is 25.2 Å². The third kappa shape index (κ3) is 3.54. The molecule has 0 aliphatic heterocycles. The van der Waals surface area contributed by atoms with Crippen LogP contribution < -0.4 is 5.32 Å². The van der Waals surface area contributed by atoms with Crippen LogP contribution in [0.3, 0.4) is 0 Å². The summed E-state index contributed by atoms with van der Waals surface area (Å²) in [5.41, 5.74) is 1.30. The summed E-state index contributed by atoms with van der Waals surface area (Å²) in [6.07, 6.45) is 5.96. The van der Waals surface area contributed by atoms with Crippen molar-refractivity contribution >= 4 is 0 Å². The molecule has 0 spiro atoms. The van der Waals surface area contributed by atoms with E-state index in [0.717, 1.165) is 6.54 Å². The first-order valence-electron chi connectivity index (χ1n) is 5.49. The molecule has 0 radical (unpaired) electrons. The second kappa shape index (κ2) is 5.86. The first-order valence-corrected chi connectivity index (χ1v) is 5.49. The Kier molecular flexibility index (Phi) is 4.74. The van der Waals surface area contributed by atoms with Crippen LogP contribution in [0.2, 0.25) is 0 Å². The van der Waals surface area contributed by atoms with E-state index >= 15 is 0 Å². The van der Waals surface area contributed by atoms with Gasteiger partial charge in [0.15, 0.2) is 0 Å². The van der Waals surface area contributed by atoms with E-state index in [4.69, 9.17) is 4.42 Å². The molecule has 1 aromatic rings. The van der Waals surface area contributed by atoms with Crippen molar-refractivity contribution in [2.75, 3.05) is 6.54 Å². The van der Waals surface area contributed by atoms with Gasteiger partial charge in [-0.1, -0.05) is 13.8 Å². The maximum Gasteiger partial charge on any atom is 0.0937 e. The standard InChI is InChI=1S/C12H21NO/c1-4-6-13-11(3)8-10(2)12-5-7-14-9-12/h5,7,9-11,13H,4,6,8H2,1-3H3. The van der Waals surface area contributed by atoms with Gasteiger partial charge in [0, 0.05) is 6.04 Å². The lowest BCUT2D eigenvalue weighted by Gasteiger charge is -2.17. The second-order valence-electron chi connectivity index (χ2n) is 4.05. The third-order valence-electron chi connectivity index (χ3n) is 2.56. The van der Waals surface area contributed by atoms with Gasteiger partial charge in [-0.15, -0.1) is 0 Å². The van der Waals surface area contributed by atoms with Gasteiger partial charge in [-0.2, -0.15) is 0 Å². The Morgan fingerprint density at radius 2 is 2.21 bits per heavy atom. The molecule has 1 heterocycles. The summed E-state index contributed by atoms with van der Waals surface area (Å²) < 4.78 is 5.08. The Morgan fingerprint density at radius 1 is 1.43 bits per heavy atom. The van der Waals surface area contributed by atoms with Crippen LogP contribution >= 0.6 is 0 Å². The number of hydrogen-bond acceptors (Lipinski definition) is 2. The van der Waals surface area contributed by atoms with E-state index in [-0.39, 0.29) is 0 Å². The van der Waals surface area contributed by atoms with Crippen molar-refractivity contribution in [1.82, 2.24) is 5.32 Å². The fraction of sp³-hybridized carbons (Fsp3) is 0.667. The van der Waals surface area contributed by atoms with Crippen LogP contribution in [-0.2, 0) is 0 Å². The molecule has 80 valence electrons. The van der Waals surface area contributed by atoms with Crippen LogP contribution in [0.25, 0.3) is 0 Å². The number of nitrogens with one attached hydrogen (secondary N) is 1. The Labute approximate surface area is 86.7 Å². The monoisotopic (exact) mass is 195 g/mol. The number of rotatable bonds is 6. The minimum atomic E-state index is 0.577. The smallest absolute Gasteiger partial charge is 0.0937 e. The molecule has 0 amide bonds. The maximum atomic E-state index is 5.08. The number of hydrogen-bond donors (Lipinski definition) is 1. The van der Waals surface area contributed by atoms with Crippen LogP contribution in [0.15, 0.2) is 23.0 Å². The normalized spacial score (nSPS) is 15.4. The Morgan fingerprint density at radius 3 is 2.79 bits per heavy atom. The summed E-state index contributed by atoms with van der Waals surface area (Å²) in [5.74, 6) is 0.577. The van der Waals surface area contributed by atoms with Crippen molar-refractivity contribution in [1.29, 1.82) is 0 Å². The van der Waals surface area contributed by atoms with Crippen LogP contribution in [0.4, 0.5) is 0 Å². The Bertz CT molecular complexity index is 230. The maximum absolute atomic E-state index is 5.08. The zero-order chi connectivity index (χ0) is 10.4. The van der Waals surface area contributed by atoms with Gasteiger partial charge in [-0.25, -0.2) is 0 Å². The molecule has 0 aliphatic carbocycles. The van der Waals surface area contributed by atoms with Gasteiger partial charge in [0.1, 0.15) is 0 Å².